The summed E-state index contributed by atoms with van der Waals surface area (Å²) in [4.78, 5) is 11.8. The number of rotatable bonds is 4. The minimum Gasteiger partial charge on any atom is -0.467 e. The molecule has 1 aromatic carbocycles. The average molecular weight is 219 g/mol. The van der Waals surface area contributed by atoms with E-state index in [4.69, 9.17) is 10.5 Å². The van der Waals surface area contributed by atoms with Gasteiger partial charge in [0, 0.05) is 6.42 Å². The fraction of sp³-hybridized carbons (Fsp3) is 0.308. The number of nitrogens with two attached hydrogens (primary N) is 1. The van der Waals surface area contributed by atoms with Crippen LogP contribution >= 0.6 is 0 Å². The molecule has 2 N–H and O–H groups in total. The molecule has 16 heavy (non-hydrogen) atoms. The molecule has 86 valence electrons. The molecule has 0 saturated carbocycles. The van der Waals surface area contributed by atoms with Crippen molar-refractivity contribution in [2.24, 2.45) is 5.73 Å². The zero-order chi connectivity index (χ0) is 12.2. The Labute approximate surface area is 95.9 Å². The van der Waals surface area contributed by atoms with E-state index in [9.17, 15) is 4.79 Å². The minimum absolute atomic E-state index is 0.379. The van der Waals surface area contributed by atoms with Gasteiger partial charge in [0.15, 0.2) is 0 Å². The fourth-order valence-corrected chi connectivity index (χ4v) is 1.69. The largest absolute Gasteiger partial charge is 0.467 e. The summed E-state index contributed by atoms with van der Waals surface area (Å²) in [5.41, 5.74) is 6.59. The Morgan fingerprint density at radius 3 is 2.44 bits per heavy atom. The summed E-state index contributed by atoms with van der Waals surface area (Å²) in [6, 6.07) is 9.21. The van der Waals surface area contributed by atoms with E-state index in [2.05, 4.69) is 6.58 Å². The van der Waals surface area contributed by atoms with E-state index in [1.807, 2.05) is 37.3 Å². The van der Waals surface area contributed by atoms with Crippen LogP contribution in [0.3, 0.4) is 0 Å². The van der Waals surface area contributed by atoms with Crippen molar-refractivity contribution in [2.45, 2.75) is 18.9 Å². The molecule has 3 nitrogen and oxygen atoms in total. The molecule has 0 amide bonds. The van der Waals surface area contributed by atoms with Crippen LogP contribution in [0.4, 0.5) is 0 Å². The van der Waals surface area contributed by atoms with Crippen molar-refractivity contribution in [2.75, 3.05) is 7.11 Å². The van der Waals surface area contributed by atoms with Gasteiger partial charge >= 0.3 is 5.97 Å². The molecule has 0 aromatic heterocycles. The summed E-state index contributed by atoms with van der Waals surface area (Å²) in [7, 11) is 1.34. The number of hydrogen-bond donors (Lipinski definition) is 1. The van der Waals surface area contributed by atoms with Crippen LogP contribution in [-0.4, -0.2) is 13.1 Å². The maximum atomic E-state index is 11.8. The molecule has 0 aliphatic rings. The van der Waals surface area contributed by atoms with Gasteiger partial charge in [-0.25, -0.2) is 4.79 Å². The number of ether oxygens (including phenoxy) is 1. The monoisotopic (exact) mass is 219 g/mol. The van der Waals surface area contributed by atoms with E-state index < -0.39 is 11.5 Å². The van der Waals surface area contributed by atoms with Crippen molar-refractivity contribution in [3.8, 4) is 0 Å². The molecule has 0 heterocycles. The fourth-order valence-electron chi connectivity index (χ4n) is 1.69. The number of esters is 1. The van der Waals surface area contributed by atoms with Crippen molar-refractivity contribution in [3.63, 3.8) is 0 Å². The lowest BCUT2D eigenvalue weighted by atomic mass is 9.85. The molecule has 1 atom stereocenters. The number of carbonyl (C=O) groups excluding carboxylic acids is 1. The Bertz CT molecular complexity index is 386. The van der Waals surface area contributed by atoms with Crippen LogP contribution < -0.4 is 5.73 Å². The third-order valence-corrected chi connectivity index (χ3v) is 2.42. The molecule has 0 bridgehead atoms. The molecule has 0 aliphatic carbocycles. The Morgan fingerprint density at radius 1 is 1.44 bits per heavy atom. The Hall–Kier alpha value is -1.61. The summed E-state index contributed by atoms with van der Waals surface area (Å²) >= 11 is 0. The van der Waals surface area contributed by atoms with E-state index in [1.165, 1.54) is 7.11 Å². The second kappa shape index (κ2) is 4.94. The highest BCUT2D eigenvalue weighted by atomic mass is 16.5. The molecule has 0 fully saturated rings. The standard InChI is InChI=1S/C13H17NO2/c1-10(2)9-13(14,12(15)16-3)11-7-5-4-6-8-11/h4-8H,1,9,14H2,2-3H3. The van der Waals surface area contributed by atoms with E-state index in [0.29, 0.717) is 6.42 Å². The van der Waals surface area contributed by atoms with Crippen LogP contribution in [-0.2, 0) is 15.1 Å². The highest BCUT2D eigenvalue weighted by molar-refractivity contribution is 5.82. The van der Waals surface area contributed by atoms with Crippen molar-refractivity contribution in [1.29, 1.82) is 0 Å². The first kappa shape index (κ1) is 12.5. The lowest BCUT2D eigenvalue weighted by Gasteiger charge is -2.27. The van der Waals surface area contributed by atoms with Gasteiger partial charge in [-0.15, -0.1) is 6.58 Å². The van der Waals surface area contributed by atoms with Gasteiger partial charge in [0.25, 0.3) is 0 Å². The van der Waals surface area contributed by atoms with Crippen molar-refractivity contribution < 1.29 is 9.53 Å². The molecule has 0 saturated heterocycles. The van der Waals surface area contributed by atoms with Crippen molar-refractivity contribution in [1.82, 2.24) is 0 Å². The summed E-state index contributed by atoms with van der Waals surface area (Å²) in [5, 5.41) is 0. The minimum atomic E-state index is -1.14. The van der Waals surface area contributed by atoms with Gasteiger partial charge in [0.2, 0.25) is 0 Å². The molecule has 0 radical (unpaired) electrons. The van der Waals surface area contributed by atoms with Crippen LogP contribution in [0.1, 0.15) is 18.9 Å². The number of benzene rings is 1. The highest BCUT2D eigenvalue weighted by Gasteiger charge is 2.36. The molecular weight excluding hydrogens is 202 g/mol. The second-order valence-electron chi connectivity index (χ2n) is 3.96. The Morgan fingerprint density at radius 2 is 2.00 bits per heavy atom. The zero-order valence-corrected chi connectivity index (χ0v) is 9.69. The first-order chi connectivity index (χ1) is 7.50. The number of methoxy groups -OCH3 is 1. The van der Waals surface area contributed by atoms with Crippen LogP contribution in [0.25, 0.3) is 0 Å². The van der Waals surface area contributed by atoms with Crippen LogP contribution in [0.5, 0.6) is 0 Å². The normalized spacial score (nSPS) is 13.9. The second-order valence-corrected chi connectivity index (χ2v) is 3.96. The lowest BCUT2D eigenvalue weighted by Crippen LogP contribution is -2.45. The van der Waals surface area contributed by atoms with Gasteiger partial charge in [-0.3, -0.25) is 0 Å². The summed E-state index contributed by atoms with van der Waals surface area (Å²) in [5.74, 6) is -0.443. The van der Waals surface area contributed by atoms with Gasteiger partial charge < -0.3 is 10.5 Å². The molecule has 1 rings (SSSR count). The first-order valence-electron chi connectivity index (χ1n) is 5.08. The summed E-state index contributed by atoms with van der Waals surface area (Å²) in [6.07, 6.45) is 0.379. The van der Waals surface area contributed by atoms with Gasteiger partial charge in [-0.05, 0) is 12.5 Å². The maximum absolute atomic E-state index is 11.8. The number of hydrogen-bond acceptors (Lipinski definition) is 3. The predicted molar refractivity (Wildman–Crippen MR) is 63.8 cm³/mol. The van der Waals surface area contributed by atoms with Gasteiger partial charge in [-0.2, -0.15) is 0 Å². The highest BCUT2D eigenvalue weighted by Crippen LogP contribution is 2.26. The average Bonchev–Trinajstić information content (AvgIpc) is 2.28. The Balaban J connectivity index is 3.14. The van der Waals surface area contributed by atoms with Crippen LogP contribution in [0, 0.1) is 0 Å². The molecule has 1 unspecified atom stereocenters. The van der Waals surface area contributed by atoms with Crippen LogP contribution in [0.15, 0.2) is 42.5 Å². The maximum Gasteiger partial charge on any atom is 0.330 e. The van der Waals surface area contributed by atoms with Crippen molar-refractivity contribution >= 4 is 5.97 Å². The molecule has 3 heteroatoms. The van der Waals surface area contributed by atoms with Gasteiger partial charge in [0.05, 0.1) is 7.11 Å². The van der Waals surface area contributed by atoms with Gasteiger partial charge in [0.1, 0.15) is 5.54 Å². The number of carbonyl (C=O) groups is 1. The quantitative estimate of drug-likeness (QED) is 0.622. The summed E-state index contributed by atoms with van der Waals surface area (Å²) in [6.45, 7) is 5.64. The summed E-state index contributed by atoms with van der Waals surface area (Å²) < 4.78 is 4.77. The molecule has 0 aliphatic heterocycles. The van der Waals surface area contributed by atoms with Crippen molar-refractivity contribution in [3.05, 3.63) is 48.0 Å². The lowest BCUT2D eigenvalue weighted by molar-refractivity contribution is -0.147. The van der Waals surface area contributed by atoms with Crippen LogP contribution in [0.2, 0.25) is 0 Å². The first-order valence-corrected chi connectivity index (χ1v) is 5.08. The van der Waals surface area contributed by atoms with Gasteiger partial charge in [-0.1, -0.05) is 35.9 Å². The molecule has 1 aromatic rings. The topological polar surface area (TPSA) is 52.3 Å². The third kappa shape index (κ3) is 2.49. The third-order valence-electron chi connectivity index (χ3n) is 2.42. The molecule has 0 spiro atoms. The smallest absolute Gasteiger partial charge is 0.330 e. The van der Waals surface area contributed by atoms with E-state index >= 15 is 0 Å². The molecular formula is C13H17NO2. The Kier molecular flexibility index (Phi) is 3.85. The van der Waals surface area contributed by atoms with E-state index in [1.54, 1.807) is 0 Å². The SMILES string of the molecule is C=C(C)CC(N)(C(=O)OC)c1ccccc1. The van der Waals surface area contributed by atoms with E-state index in [-0.39, 0.29) is 0 Å². The zero-order valence-electron chi connectivity index (χ0n) is 9.69. The predicted octanol–water partition coefficient (Wildman–Crippen LogP) is 1.98. The van der Waals surface area contributed by atoms with E-state index in [0.717, 1.165) is 11.1 Å².